The number of phenols is 1. The maximum absolute atomic E-state index is 10.7. The second kappa shape index (κ2) is 7.22. The highest BCUT2D eigenvalue weighted by Gasteiger charge is 2.30. The maximum Gasteiger partial charge on any atom is 0.125 e. The summed E-state index contributed by atoms with van der Waals surface area (Å²) >= 11 is 0. The van der Waals surface area contributed by atoms with Crippen molar-refractivity contribution in [2.24, 2.45) is 7.05 Å². The SMILES string of the molecule is CC(C)N1CC(c2ccc(-c3ccc(-c4ccc5nn(C)cc5c4)cc3O)nn2)C1. The molecule has 0 aliphatic carbocycles. The lowest BCUT2D eigenvalue weighted by Gasteiger charge is -2.41. The van der Waals surface area contributed by atoms with Gasteiger partial charge in [-0.1, -0.05) is 12.1 Å². The molecular weight excluding hydrogens is 374 g/mol. The molecule has 0 bridgehead atoms. The van der Waals surface area contributed by atoms with E-state index in [1.54, 1.807) is 10.7 Å². The summed E-state index contributed by atoms with van der Waals surface area (Å²) in [5.41, 5.74) is 5.36. The highest BCUT2D eigenvalue weighted by Crippen LogP contribution is 2.34. The Hall–Kier alpha value is -3.25. The van der Waals surface area contributed by atoms with Crippen LogP contribution >= 0.6 is 0 Å². The first kappa shape index (κ1) is 18.8. The van der Waals surface area contributed by atoms with Crippen LogP contribution in [0.5, 0.6) is 5.75 Å². The van der Waals surface area contributed by atoms with Crippen LogP contribution in [0.15, 0.2) is 54.7 Å². The molecule has 0 saturated carbocycles. The third-order valence-corrected chi connectivity index (χ3v) is 5.97. The van der Waals surface area contributed by atoms with Crippen LogP contribution in [0, 0.1) is 0 Å². The van der Waals surface area contributed by atoms with Crippen molar-refractivity contribution in [2.75, 3.05) is 13.1 Å². The molecule has 1 N–H and O–H groups in total. The van der Waals surface area contributed by atoms with Gasteiger partial charge >= 0.3 is 0 Å². The number of aromatic hydroxyl groups is 1. The van der Waals surface area contributed by atoms with Crippen molar-refractivity contribution >= 4 is 10.9 Å². The van der Waals surface area contributed by atoms with Gasteiger partial charge in [-0.2, -0.15) is 15.3 Å². The van der Waals surface area contributed by atoms with Crippen molar-refractivity contribution in [3.05, 3.63) is 60.4 Å². The van der Waals surface area contributed by atoms with Crippen LogP contribution < -0.4 is 0 Å². The first-order valence-electron chi connectivity index (χ1n) is 10.3. The highest BCUT2D eigenvalue weighted by molar-refractivity contribution is 5.85. The van der Waals surface area contributed by atoms with Gasteiger partial charge in [-0.05, 0) is 61.4 Å². The fraction of sp³-hybridized carbons (Fsp3) is 0.292. The van der Waals surface area contributed by atoms with Gasteiger partial charge in [-0.25, -0.2) is 0 Å². The van der Waals surface area contributed by atoms with Crippen molar-refractivity contribution in [1.82, 2.24) is 24.9 Å². The molecule has 3 heterocycles. The maximum atomic E-state index is 10.7. The van der Waals surface area contributed by atoms with Crippen LogP contribution in [-0.2, 0) is 7.05 Å². The first-order chi connectivity index (χ1) is 14.5. The number of phenolic OH excluding ortho intramolecular Hbond substituents is 1. The lowest BCUT2D eigenvalue weighted by Crippen LogP contribution is -2.48. The van der Waals surface area contributed by atoms with Gasteiger partial charge in [0.25, 0.3) is 0 Å². The van der Waals surface area contributed by atoms with E-state index < -0.39 is 0 Å². The summed E-state index contributed by atoms with van der Waals surface area (Å²) in [6.07, 6.45) is 1.99. The fourth-order valence-corrected chi connectivity index (χ4v) is 4.08. The molecule has 0 atom stereocenters. The smallest absolute Gasteiger partial charge is 0.125 e. The molecule has 6 nitrogen and oxygen atoms in total. The van der Waals surface area contributed by atoms with E-state index in [1.165, 1.54) is 0 Å². The van der Waals surface area contributed by atoms with Crippen molar-refractivity contribution in [1.29, 1.82) is 0 Å². The Bertz CT molecular complexity index is 1210. The lowest BCUT2D eigenvalue weighted by atomic mass is 9.94. The van der Waals surface area contributed by atoms with Crippen LogP contribution in [0.3, 0.4) is 0 Å². The number of rotatable bonds is 4. The predicted octanol–water partition coefficient (Wildman–Crippen LogP) is 4.21. The molecule has 4 aromatic rings. The molecule has 1 aliphatic rings. The van der Waals surface area contributed by atoms with E-state index in [4.69, 9.17) is 0 Å². The number of hydrogen-bond acceptors (Lipinski definition) is 5. The number of hydrogen-bond donors (Lipinski definition) is 1. The second-order valence-corrected chi connectivity index (χ2v) is 8.40. The van der Waals surface area contributed by atoms with Gasteiger partial charge in [-0.15, -0.1) is 0 Å². The van der Waals surface area contributed by atoms with Gasteiger partial charge in [0.05, 0.1) is 16.9 Å². The molecule has 2 aromatic carbocycles. The van der Waals surface area contributed by atoms with Crippen LogP contribution in [0.2, 0.25) is 0 Å². The largest absolute Gasteiger partial charge is 0.507 e. The quantitative estimate of drug-likeness (QED) is 0.557. The minimum absolute atomic E-state index is 0.204. The monoisotopic (exact) mass is 399 g/mol. The molecule has 1 aliphatic heterocycles. The normalized spacial score (nSPS) is 15.1. The minimum atomic E-state index is 0.204. The van der Waals surface area contributed by atoms with E-state index in [9.17, 15) is 5.11 Å². The van der Waals surface area contributed by atoms with E-state index in [0.29, 0.717) is 23.2 Å². The molecule has 152 valence electrons. The Morgan fingerprint density at radius 3 is 2.43 bits per heavy atom. The number of aromatic nitrogens is 4. The van der Waals surface area contributed by atoms with E-state index in [0.717, 1.165) is 40.8 Å². The minimum Gasteiger partial charge on any atom is -0.507 e. The molecule has 0 unspecified atom stereocenters. The molecule has 0 amide bonds. The van der Waals surface area contributed by atoms with Gasteiger partial charge in [0.2, 0.25) is 0 Å². The van der Waals surface area contributed by atoms with Crippen LogP contribution in [0.4, 0.5) is 0 Å². The van der Waals surface area contributed by atoms with E-state index in [2.05, 4.69) is 40.1 Å². The Morgan fingerprint density at radius 1 is 0.967 bits per heavy atom. The summed E-state index contributed by atoms with van der Waals surface area (Å²) in [6, 6.07) is 16.4. The number of aryl methyl sites for hydroxylation is 1. The zero-order valence-corrected chi connectivity index (χ0v) is 17.4. The van der Waals surface area contributed by atoms with E-state index in [-0.39, 0.29) is 5.75 Å². The van der Waals surface area contributed by atoms with Gasteiger partial charge < -0.3 is 5.11 Å². The standard InChI is InChI=1S/C24H25N5O/c1-15(2)29-13-19(14-29)21-8-9-23(26-25-21)20-6-4-17(11-24(20)30)16-5-7-22-18(10-16)12-28(3)27-22/h4-12,15,19,30H,13-14H2,1-3H3. The number of fused-ring (bicyclic) bond motifs is 1. The summed E-state index contributed by atoms with van der Waals surface area (Å²) in [6.45, 7) is 6.50. The molecule has 6 heteroatoms. The Balaban J connectivity index is 1.38. The molecule has 30 heavy (non-hydrogen) atoms. The first-order valence-corrected chi connectivity index (χ1v) is 10.3. The number of benzene rings is 2. The van der Waals surface area contributed by atoms with Crippen molar-refractivity contribution in [3.8, 4) is 28.1 Å². The zero-order valence-electron chi connectivity index (χ0n) is 17.4. The lowest BCUT2D eigenvalue weighted by molar-refractivity contribution is 0.107. The molecule has 0 radical (unpaired) electrons. The van der Waals surface area contributed by atoms with E-state index in [1.807, 2.05) is 49.6 Å². The van der Waals surface area contributed by atoms with Crippen molar-refractivity contribution in [3.63, 3.8) is 0 Å². The highest BCUT2D eigenvalue weighted by atomic mass is 16.3. The number of nitrogens with zero attached hydrogens (tertiary/aromatic N) is 5. The summed E-state index contributed by atoms with van der Waals surface area (Å²) in [4.78, 5) is 2.42. The second-order valence-electron chi connectivity index (χ2n) is 8.40. The third kappa shape index (κ3) is 3.33. The summed E-state index contributed by atoms with van der Waals surface area (Å²) in [5.74, 6) is 0.655. The Kier molecular flexibility index (Phi) is 4.51. The van der Waals surface area contributed by atoms with Crippen LogP contribution in [0.25, 0.3) is 33.3 Å². The number of likely N-dealkylation sites (tertiary alicyclic amines) is 1. The molecule has 1 saturated heterocycles. The van der Waals surface area contributed by atoms with Gasteiger partial charge in [0.15, 0.2) is 0 Å². The fourth-order valence-electron chi connectivity index (χ4n) is 4.08. The Labute approximate surface area is 175 Å². The molecular formula is C24H25N5O. The zero-order chi connectivity index (χ0) is 20.8. The molecule has 5 rings (SSSR count). The topological polar surface area (TPSA) is 67.1 Å². The average Bonchev–Trinajstić information content (AvgIpc) is 3.06. The predicted molar refractivity (Wildman–Crippen MR) is 118 cm³/mol. The van der Waals surface area contributed by atoms with E-state index >= 15 is 0 Å². The summed E-state index contributed by atoms with van der Waals surface area (Å²) in [7, 11) is 1.91. The summed E-state index contributed by atoms with van der Waals surface area (Å²) < 4.78 is 1.81. The molecule has 1 fully saturated rings. The molecule has 0 spiro atoms. The van der Waals surface area contributed by atoms with Gasteiger partial charge in [0.1, 0.15) is 5.75 Å². The summed E-state index contributed by atoms with van der Waals surface area (Å²) in [5, 5.41) is 25.0. The molecule has 2 aromatic heterocycles. The van der Waals surface area contributed by atoms with Crippen molar-refractivity contribution in [2.45, 2.75) is 25.8 Å². The van der Waals surface area contributed by atoms with Gasteiger partial charge in [0, 0.05) is 49.2 Å². The van der Waals surface area contributed by atoms with Crippen molar-refractivity contribution < 1.29 is 5.11 Å². The third-order valence-electron chi connectivity index (χ3n) is 5.97. The Morgan fingerprint density at radius 2 is 1.73 bits per heavy atom. The average molecular weight is 399 g/mol. The van der Waals surface area contributed by atoms with Crippen LogP contribution in [-0.4, -0.2) is 49.1 Å². The van der Waals surface area contributed by atoms with Gasteiger partial charge in [-0.3, -0.25) is 9.58 Å². The van der Waals surface area contributed by atoms with Crippen LogP contribution in [0.1, 0.15) is 25.5 Å².